The van der Waals surface area contributed by atoms with Crippen LogP contribution in [0.4, 0.5) is 9.18 Å². The van der Waals surface area contributed by atoms with Gasteiger partial charge >= 0.3 is 12.1 Å². The van der Waals surface area contributed by atoms with Crippen molar-refractivity contribution in [3.8, 4) is 0 Å². The topological polar surface area (TPSA) is 102 Å². The number of carbonyl (C=O) groups excluding carboxylic acids is 2. The lowest BCUT2D eigenvalue weighted by Gasteiger charge is -2.16. The van der Waals surface area contributed by atoms with Gasteiger partial charge in [-0.05, 0) is 12.8 Å². The van der Waals surface area contributed by atoms with Gasteiger partial charge in [0.2, 0.25) is 14.2 Å². The molecule has 0 saturated heterocycles. The van der Waals surface area contributed by atoms with Gasteiger partial charge in [-0.2, -0.15) is 0 Å². The van der Waals surface area contributed by atoms with E-state index in [-0.39, 0.29) is 25.5 Å². The minimum Gasteiger partial charge on any atom is -0.428 e. The second kappa shape index (κ2) is 11.4. The second-order valence-corrected chi connectivity index (χ2v) is 7.32. The molecule has 0 spiro atoms. The molecule has 0 rings (SSSR count). The molecular weight excluding hydrogens is 316 g/mol. The van der Waals surface area contributed by atoms with E-state index in [0.29, 0.717) is 19.3 Å². The molecule has 0 aromatic rings. The number of hydrogen-bond acceptors (Lipinski definition) is 5. The molecule has 0 bridgehead atoms. The van der Waals surface area contributed by atoms with Gasteiger partial charge in [-0.1, -0.05) is 20.3 Å². The number of nitrogens with one attached hydrogen (secondary N) is 1. The van der Waals surface area contributed by atoms with Crippen LogP contribution in [0.25, 0.3) is 0 Å². The average Bonchev–Trinajstić information content (AvgIpc) is 2.45. The fraction of sp³-hybridized carbons (Fsp3) is 0.846. The summed E-state index contributed by atoms with van der Waals surface area (Å²) in [5.74, 6) is -2.35. The number of halogens is 1. The lowest BCUT2D eigenvalue weighted by molar-refractivity contribution is -0.151. The Morgan fingerprint density at radius 3 is 2.55 bits per heavy atom. The molecule has 2 N–H and O–H groups in total. The Hall–Kier alpha value is -1.14. The molecule has 130 valence electrons. The van der Waals surface area contributed by atoms with Crippen molar-refractivity contribution in [3.05, 3.63) is 0 Å². The van der Waals surface area contributed by atoms with Crippen LogP contribution in [0.15, 0.2) is 0 Å². The average molecular weight is 341 g/mol. The molecule has 1 amide bonds. The summed E-state index contributed by atoms with van der Waals surface area (Å²) < 4.78 is 34.4. The molecule has 7 nitrogen and oxygen atoms in total. The Bertz CT molecular complexity index is 393. The van der Waals surface area contributed by atoms with Crippen LogP contribution in [-0.2, 0) is 18.8 Å². The van der Waals surface area contributed by atoms with Crippen molar-refractivity contribution in [1.82, 2.24) is 5.32 Å². The molecule has 1 unspecified atom stereocenters. The molecule has 0 saturated carbocycles. The van der Waals surface area contributed by atoms with Crippen molar-refractivity contribution in [2.45, 2.75) is 51.9 Å². The van der Waals surface area contributed by atoms with Crippen molar-refractivity contribution >= 4 is 19.4 Å². The van der Waals surface area contributed by atoms with Gasteiger partial charge in [-0.3, -0.25) is 9.36 Å². The Morgan fingerprint density at radius 2 is 1.95 bits per heavy atom. The van der Waals surface area contributed by atoms with Gasteiger partial charge in [0.15, 0.2) is 5.91 Å². The Kier molecular flexibility index (Phi) is 10.8. The van der Waals surface area contributed by atoms with E-state index in [9.17, 15) is 23.4 Å². The number of amides is 1. The maximum Gasteiger partial charge on any atom is 0.410 e. The number of unbranched alkanes of at least 4 members (excludes halogenated alkanes) is 1. The predicted molar refractivity (Wildman–Crippen MR) is 79.5 cm³/mol. The van der Waals surface area contributed by atoms with Crippen molar-refractivity contribution in [1.29, 1.82) is 0 Å². The van der Waals surface area contributed by atoms with E-state index < -0.39 is 32.1 Å². The maximum absolute atomic E-state index is 13.6. The zero-order chi connectivity index (χ0) is 17.0. The Morgan fingerprint density at radius 1 is 1.27 bits per heavy atom. The quantitative estimate of drug-likeness (QED) is 0.340. The largest absolute Gasteiger partial charge is 0.428 e. The number of ether oxygens (including phenoxy) is 2. The summed E-state index contributed by atoms with van der Waals surface area (Å²) in [7, 11) is -3.83. The molecule has 0 aliphatic heterocycles. The first-order valence-electron chi connectivity index (χ1n) is 7.35. The number of hydrogen-bond donors (Lipinski definition) is 2. The monoisotopic (exact) mass is 341 g/mol. The van der Waals surface area contributed by atoms with Crippen LogP contribution in [0.3, 0.4) is 0 Å². The maximum atomic E-state index is 13.6. The van der Waals surface area contributed by atoms with Gasteiger partial charge in [-0.15, -0.1) is 0 Å². The van der Waals surface area contributed by atoms with E-state index in [1.165, 1.54) is 0 Å². The molecule has 9 heteroatoms. The fourth-order valence-corrected chi connectivity index (χ4v) is 3.08. The zero-order valence-corrected chi connectivity index (χ0v) is 13.9. The van der Waals surface area contributed by atoms with Crippen LogP contribution in [0, 0.1) is 0 Å². The lowest BCUT2D eigenvalue weighted by atomic mass is 10.3. The summed E-state index contributed by atoms with van der Waals surface area (Å²) in [5.41, 5.74) is 0. The third kappa shape index (κ3) is 9.73. The Balaban J connectivity index is 3.83. The molecule has 0 aliphatic carbocycles. The normalized spacial score (nSPS) is 14.7. The van der Waals surface area contributed by atoms with E-state index in [0.717, 1.165) is 0 Å². The highest BCUT2D eigenvalue weighted by atomic mass is 31.2. The first kappa shape index (κ1) is 20.9. The number of alkyl carbamates (subject to hydrolysis) is 1. The molecular formula is C13H25FNO6P. The molecule has 0 radical (unpaired) electrons. The summed E-state index contributed by atoms with van der Waals surface area (Å²) in [5, 5.41) is 2.22. The zero-order valence-electron chi connectivity index (χ0n) is 13.0. The van der Waals surface area contributed by atoms with E-state index in [2.05, 4.69) is 14.8 Å². The molecule has 0 aromatic heterocycles. The number of alkyl halides is 1. The Labute approximate surface area is 130 Å². The van der Waals surface area contributed by atoms with Crippen LogP contribution < -0.4 is 5.32 Å². The molecule has 2 atom stereocenters. The SMILES string of the molecule is CCCCP(=O)(O)[C@@H](F)CCNC(=O)OCOC(=O)CCC. The summed E-state index contributed by atoms with van der Waals surface area (Å²) in [6.45, 7) is 3.00. The summed E-state index contributed by atoms with van der Waals surface area (Å²) in [4.78, 5) is 31.7. The van der Waals surface area contributed by atoms with Crippen LogP contribution in [0.2, 0.25) is 0 Å². The molecule has 22 heavy (non-hydrogen) atoms. The van der Waals surface area contributed by atoms with Crippen molar-refractivity contribution in [2.75, 3.05) is 19.5 Å². The number of esters is 1. The number of carbonyl (C=O) groups is 2. The standard InChI is InChI=1S/C13H25FNO6P/c1-3-5-9-22(18,19)11(14)7-8-15-13(17)21-10-20-12(16)6-4-2/h11H,3-10H2,1-2H3,(H,15,17)(H,18,19)/t11-/m1/s1. The van der Waals surface area contributed by atoms with Gasteiger partial charge in [-0.25, -0.2) is 9.18 Å². The molecule has 0 heterocycles. The first-order valence-corrected chi connectivity index (χ1v) is 9.26. The van der Waals surface area contributed by atoms with Gasteiger partial charge in [0.25, 0.3) is 0 Å². The highest BCUT2D eigenvalue weighted by molar-refractivity contribution is 7.58. The van der Waals surface area contributed by atoms with Crippen molar-refractivity contribution < 1.29 is 32.9 Å². The van der Waals surface area contributed by atoms with Gasteiger partial charge in [0.05, 0.1) is 0 Å². The van der Waals surface area contributed by atoms with E-state index in [4.69, 9.17) is 0 Å². The summed E-state index contributed by atoms with van der Waals surface area (Å²) in [6, 6.07) is 0. The van der Waals surface area contributed by atoms with E-state index in [1.54, 1.807) is 0 Å². The van der Waals surface area contributed by atoms with Crippen LogP contribution >= 0.6 is 7.37 Å². The molecule has 0 fully saturated rings. The highest BCUT2D eigenvalue weighted by Gasteiger charge is 2.29. The third-order valence-corrected chi connectivity index (χ3v) is 4.88. The van der Waals surface area contributed by atoms with E-state index >= 15 is 0 Å². The second-order valence-electron chi connectivity index (χ2n) is 4.80. The first-order chi connectivity index (χ1) is 10.3. The van der Waals surface area contributed by atoms with Crippen molar-refractivity contribution in [3.63, 3.8) is 0 Å². The highest BCUT2D eigenvalue weighted by Crippen LogP contribution is 2.49. The van der Waals surface area contributed by atoms with Crippen LogP contribution in [0.5, 0.6) is 0 Å². The van der Waals surface area contributed by atoms with Crippen LogP contribution in [-0.4, -0.2) is 42.4 Å². The van der Waals surface area contributed by atoms with Crippen LogP contribution in [0.1, 0.15) is 46.0 Å². The predicted octanol–water partition coefficient (Wildman–Crippen LogP) is 2.77. The fourth-order valence-electron chi connectivity index (χ4n) is 1.50. The van der Waals surface area contributed by atoms with Gasteiger partial charge in [0.1, 0.15) is 0 Å². The minimum absolute atomic E-state index is 0.0670. The smallest absolute Gasteiger partial charge is 0.410 e. The summed E-state index contributed by atoms with van der Waals surface area (Å²) >= 11 is 0. The minimum atomic E-state index is -3.83. The van der Waals surface area contributed by atoms with E-state index in [1.807, 2.05) is 13.8 Å². The van der Waals surface area contributed by atoms with Gasteiger partial charge < -0.3 is 19.7 Å². The van der Waals surface area contributed by atoms with Crippen molar-refractivity contribution in [2.24, 2.45) is 0 Å². The third-order valence-electron chi connectivity index (χ3n) is 2.79. The molecule has 0 aliphatic rings. The lowest BCUT2D eigenvalue weighted by Crippen LogP contribution is -2.28. The summed E-state index contributed by atoms with van der Waals surface area (Å²) in [6.07, 6.45) is 0.828. The number of rotatable bonds is 11. The molecule has 0 aromatic carbocycles. The van der Waals surface area contributed by atoms with Gasteiger partial charge in [0, 0.05) is 25.5 Å².